The van der Waals surface area contributed by atoms with Crippen LogP contribution in [0.3, 0.4) is 0 Å². The summed E-state index contributed by atoms with van der Waals surface area (Å²) in [6.45, 7) is 3.27. The van der Waals surface area contributed by atoms with E-state index in [-0.39, 0.29) is 17.5 Å². The molecule has 0 amide bonds. The van der Waals surface area contributed by atoms with Crippen molar-refractivity contribution < 1.29 is 13.5 Å². The molecular formula is C12H20N2O3S. The van der Waals surface area contributed by atoms with E-state index in [1.165, 1.54) is 19.2 Å². The van der Waals surface area contributed by atoms with Crippen LogP contribution < -0.4 is 5.73 Å². The number of nitrogens with zero attached hydrogens (tertiary/aromatic N) is 1. The van der Waals surface area contributed by atoms with Gasteiger partial charge in [-0.3, -0.25) is 0 Å². The van der Waals surface area contributed by atoms with E-state index < -0.39 is 16.1 Å². The fourth-order valence-corrected chi connectivity index (χ4v) is 2.81. The number of nitrogens with two attached hydrogens (primary N) is 1. The van der Waals surface area contributed by atoms with Crippen LogP contribution in [0.4, 0.5) is 0 Å². The minimum atomic E-state index is -3.56. The van der Waals surface area contributed by atoms with Crippen LogP contribution in [-0.4, -0.2) is 37.5 Å². The average molecular weight is 272 g/mol. The topological polar surface area (TPSA) is 83.6 Å². The monoisotopic (exact) mass is 272 g/mol. The van der Waals surface area contributed by atoms with Gasteiger partial charge in [0, 0.05) is 19.1 Å². The highest BCUT2D eigenvalue weighted by molar-refractivity contribution is 7.89. The first kappa shape index (κ1) is 15.1. The molecular weight excluding hydrogens is 252 g/mol. The van der Waals surface area contributed by atoms with Crippen molar-refractivity contribution >= 4 is 10.0 Å². The maximum Gasteiger partial charge on any atom is 0.243 e. The normalized spacial score (nSPS) is 15.7. The van der Waals surface area contributed by atoms with Crippen molar-refractivity contribution in [3.05, 3.63) is 29.8 Å². The van der Waals surface area contributed by atoms with E-state index in [0.29, 0.717) is 0 Å². The zero-order chi connectivity index (χ0) is 13.9. The van der Waals surface area contributed by atoms with Gasteiger partial charge in [-0.05, 0) is 31.5 Å². The first-order chi connectivity index (χ1) is 8.30. The highest BCUT2D eigenvalue weighted by Crippen LogP contribution is 2.19. The lowest BCUT2D eigenvalue weighted by Crippen LogP contribution is -2.37. The summed E-state index contributed by atoms with van der Waals surface area (Å²) in [5.74, 6) is 0. The third kappa shape index (κ3) is 3.08. The number of rotatable bonds is 5. The minimum Gasteiger partial charge on any atom is -0.395 e. The number of hydrogen-bond donors (Lipinski definition) is 2. The van der Waals surface area contributed by atoms with Crippen molar-refractivity contribution in [3.63, 3.8) is 0 Å². The Kier molecular flexibility index (Phi) is 4.86. The summed E-state index contributed by atoms with van der Waals surface area (Å²) in [5.41, 5.74) is 6.59. The predicted molar refractivity (Wildman–Crippen MR) is 70.5 cm³/mol. The van der Waals surface area contributed by atoms with E-state index in [0.717, 1.165) is 9.87 Å². The van der Waals surface area contributed by atoms with Crippen LogP contribution in [0.2, 0.25) is 0 Å². The second kappa shape index (κ2) is 5.79. The summed E-state index contributed by atoms with van der Waals surface area (Å²) >= 11 is 0. The molecule has 0 saturated carbocycles. The molecule has 0 fully saturated rings. The third-order valence-electron chi connectivity index (χ3n) is 2.97. The summed E-state index contributed by atoms with van der Waals surface area (Å²) in [4.78, 5) is 0.203. The molecule has 2 atom stereocenters. The first-order valence-electron chi connectivity index (χ1n) is 5.75. The summed E-state index contributed by atoms with van der Waals surface area (Å²) in [6.07, 6.45) is 0. The zero-order valence-electron chi connectivity index (χ0n) is 10.9. The highest BCUT2D eigenvalue weighted by atomic mass is 32.2. The molecule has 0 saturated heterocycles. The molecule has 1 aromatic carbocycles. The lowest BCUT2D eigenvalue weighted by atomic mass is 10.1. The molecule has 3 N–H and O–H groups in total. The second-order valence-corrected chi connectivity index (χ2v) is 6.41. The summed E-state index contributed by atoms with van der Waals surface area (Å²) in [5, 5.41) is 9.01. The first-order valence-corrected chi connectivity index (χ1v) is 7.19. The Labute approximate surface area is 108 Å². The number of hydrogen-bond acceptors (Lipinski definition) is 4. The number of aliphatic hydroxyl groups excluding tert-OH is 1. The Hall–Kier alpha value is -0.950. The van der Waals surface area contributed by atoms with Crippen molar-refractivity contribution in [1.29, 1.82) is 0 Å². The van der Waals surface area contributed by atoms with E-state index in [9.17, 15) is 8.42 Å². The molecule has 0 heterocycles. The Morgan fingerprint density at radius 2 is 1.78 bits per heavy atom. The van der Waals surface area contributed by atoms with Crippen LogP contribution in [0.25, 0.3) is 0 Å². The lowest BCUT2D eigenvalue weighted by Gasteiger charge is -2.22. The van der Waals surface area contributed by atoms with Gasteiger partial charge in [-0.25, -0.2) is 8.42 Å². The van der Waals surface area contributed by atoms with Crippen LogP contribution in [0.5, 0.6) is 0 Å². The molecule has 102 valence electrons. The summed E-state index contributed by atoms with van der Waals surface area (Å²) in [6, 6.07) is 5.90. The third-order valence-corrected chi connectivity index (χ3v) is 4.95. The number of sulfonamides is 1. The quantitative estimate of drug-likeness (QED) is 0.827. The standard InChI is InChI=1S/C12H20N2O3S/c1-9(8-15)14(3)18(16,17)12-6-4-11(5-7-12)10(2)13/h4-7,9-10,15H,8,13H2,1-3H3. The van der Waals surface area contributed by atoms with Gasteiger partial charge >= 0.3 is 0 Å². The van der Waals surface area contributed by atoms with E-state index in [4.69, 9.17) is 10.8 Å². The molecule has 1 rings (SSSR count). The van der Waals surface area contributed by atoms with Gasteiger partial charge < -0.3 is 10.8 Å². The average Bonchev–Trinajstić information content (AvgIpc) is 2.36. The van der Waals surface area contributed by atoms with Crippen LogP contribution >= 0.6 is 0 Å². The molecule has 0 aromatic heterocycles. The molecule has 6 heteroatoms. The van der Waals surface area contributed by atoms with Crippen molar-refractivity contribution in [2.75, 3.05) is 13.7 Å². The van der Waals surface area contributed by atoms with Gasteiger partial charge in [0.25, 0.3) is 0 Å². The molecule has 1 aromatic rings. The van der Waals surface area contributed by atoms with Gasteiger partial charge in [0.1, 0.15) is 0 Å². The van der Waals surface area contributed by atoms with Gasteiger partial charge in [0.2, 0.25) is 10.0 Å². The Morgan fingerprint density at radius 1 is 1.28 bits per heavy atom. The van der Waals surface area contributed by atoms with Gasteiger partial charge in [0.15, 0.2) is 0 Å². The Morgan fingerprint density at radius 3 is 2.17 bits per heavy atom. The second-order valence-electron chi connectivity index (χ2n) is 4.41. The molecule has 0 radical (unpaired) electrons. The number of benzene rings is 1. The van der Waals surface area contributed by atoms with Crippen molar-refractivity contribution in [1.82, 2.24) is 4.31 Å². The maximum atomic E-state index is 12.2. The highest BCUT2D eigenvalue weighted by Gasteiger charge is 2.24. The molecule has 0 aliphatic carbocycles. The van der Waals surface area contributed by atoms with E-state index in [1.807, 2.05) is 6.92 Å². The fourth-order valence-electron chi connectivity index (χ4n) is 1.46. The minimum absolute atomic E-state index is 0.129. The van der Waals surface area contributed by atoms with Crippen LogP contribution in [0, 0.1) is 0 Å². The SMILES string of the molecule is CC(N)c1ccc(S(=O)(=O)N(C)C(C)CO)cc1. The molecule has 0 spiro atoms. The molecule has 0 aliphatic heterocycles. The maximum absolute atomic E-state index is 12.2. The molecule has 18 heavy (non-hydrogen) atoms. The largest absolute Gasteiger partial charge is 0.395 e. The lowest BCUT2D eigenvalue weighted by molar-refractivity contribution is 0.214. The van der Waals surface area contributed by atoms with E-state index >= 15 is 0 Å². The smallest absolute Gasteiger partial charge is 0.243 e. The number of aliphatic hydroxyl groups is 1. The van der Waals surface area contributed by atoms with Gasteiger partial charge in [-0.2, -0.15) is 4.31 Å². The van der Waals surface area contributed by atoms with E-state index in [2.05, 4.69) is 0 Å². The Balaban J connectivity index is 3.06. The van der Waals surface area contributed by atoms with Crippen LogP contribution in [0.15, 0.2) is 29.2 Å². The van der Waals surface area contributed by atoms with E-state index in [1.54, 1.807) is 19.1 Å². The summed E-state index contributed by atoms with van der Waals surface area (Å²) in [7, 11) is -2.11. The van der Waals surface area contributed by atoms with Gasteiger partial charge in [-0.1, -0.05) is 12.1 Å². The fraction of sp³-hybridized carbons (Fsp3) is 0.500. The molecule has 2 unspecified atom stereocenters. The van der Waals surface area contributed by atoms with Gasteiger partial charge in [0.05, 0.1) is 11.5 Å². The van der Waals surface area contributed by atoms with Crippen molar-refractivity contribution in [3.8, 4) is 0 Å². The molecule has 5 nitrogen and oxygen atoms in total. The van der Waals surface area contributed by atoms with Gasteiger partial charge in [-0.15, -0.1) is 0 Å². The van der Waals surface area contributed by atoms with Crippen LogP contribution in [0.1, 0.15) is 25.5 Å². The summed E-state index contributed by atoms with van der Waals surface area (Å²) < 4.78 is 25.6. The number of likely N-dealkylation sites (N-methyl/N-ethyl adjacent to an activating group) is 1. The van der Waals surface area contributed by atoms with Crippen molar-refractivity contribution in [2.45, 2.75) is 30.8 Å². The molecule has 0 bridgehead atoms. The predicted octanol–water partition coefficient (Wildman–Crippen LogP) is 0.708. The zero-order valence-corrected chi connectivity index (χ0v) is 11.7. The Bertz CT molecular complexity index is 483. The van der Waals surface area contributed by atoms with Crippen LogP contribution in [-0.2, 0) is 10.0 Å². The molecule has 0 aliphatic rings. The van der Waals surface area contributed by atoms with Crippen molar-refractivity contribution in [2.24, 2.45) is 5.73 Å².